The van der Waals surface area contributed by atoms with Crippen LogP contribution in [0.4, 0.5) is 10.1 Å². The summed E-state index contributed by atoms with van der Waals surface area (Å²) in [6.45, 7) is 5.11. The van der Waals surface area contributed by atoms with Gasteiger partial charge in [-0.25, -0.2) is 4.39 Å². The third-order valence-electron chi connectivity index (χ3n) is 5.92. The monoisotopic (exact) mass is 453 g/mol. The van der Waals surface area contributed by atoms with Gasteiger partial charge in [-0.05, 0) is 54.8 Å². The topological polar surface area (TPSA) is 44.8 Å². The second kappa shape index (κ2) is 10.1. The van der Waals surface area contributed by atoms with Gasteiger partial charge in [-0.2, -0.15) is 0 Å². The standard InChI is InChI=1S/C25H28FN3O2S/c1-18(27-25(30)19-9-11-20(31-2)12-10-19)24(23-8-5-17-32-23)29-15-13-28(14-16-29)22-7-4-3-6-21(22)26/h3-12,17-18,24H,13-16H2,1-2H3,(H,27,30). The number of carbonyl (C=O) groups excluding carboxylic acids is 1. The molecule has 168 valence electrons. The molecule has 1 aromatic heterocycles. The average Bonchev–Trinajstić information content (AvgIpc) is 3.34. The Balaban J connectivity index is 1.46. The molecular weight excluding hydrogens is 425 g/mol. The number of nitrogens with one attached hydrogen (secondary N) is 1. The zero-order valence-corrected chi connectivity index (χ0v) is 19.1. The van der Waals surface area contributed by atoms with E-state index >= 15 is 0 Å². The van der Waals surface area contributed by atoms with Crippen molar-refractivity contribution in [3.8, 4) is 5.75 Å². The van der Waals surface area contributed by atoms with E-state index in [9.17, 15) is 9.18 Å². The molecule has 0 spiro atoms. The molecule has 2 unspecified atom stereocenters. The lowest BCUT2D eigenvalue weighted by Crippen LogP contribution is -2.52. The number of halogens is 1. The lowest BCUT2D eigenvalue weighted by Gasteiger charge is -2.42. The Bertz CT molecular complexity index is 1020. The predicted molar refractivity (Wildman–Crippen MR) is 127 cm³/mol. The van der Waals surface area contributed by atoms with Crippen LogP contribution in [0.5, 0.6) is 5.75 Å². The van der Waals surface area contributed by atoms with Crippen molar-refractivity contribution in [2.45, 2.75) is 19.0 Å². The molecule has 1 aliphatic rings. The van der Waals surface area contributed by atoms with Crippen LogP contribution in [-0.2, 0) is 0 Å². The minimum Gasteiger partial charge on any atom is -0.497 e. The smallest absolute Gasteiger partial charge is 0.251 e. The Hall–Kier alpha value is -2.90. The summed E-state index contributed by atoms with van der Waals surface area (Å²) in [4.78, 5) is 18.6. The predicted octanol–water partition coefficient (Wildman–Crippen LogP) is 4.58. The highest BCUT2D eigenvalue weighted by Crippen LogP contribution is 2.31. The Morgan fingerprint density at radius 2 is 1.75 bits per heavy atom. The lowest BCUT2D eigenvalue weighted by molar-refractivity contribution is 0.0890. The van der Waals surface area contributed by atoms with Crippen LogP contribution in [0.1, 0.15) is 28.2 Å². The number of rotatable bonds is 7. The number of benzene rings is 2. The van der Waals surface area contributed by atoms with Crippen molar-refractivity contribution in [2.24, 2.45) is 0 Å². The molecule has 2 heterocycles. The molecule has 4 rings (SSSR count). The summed E-state index contributed by atoms with van der Waals surface area (Å²) in [5, 5.41) is 5.25. The Labute approximate surface area is 192 Å². The first kappa shape index (κ1) is 22.3. The summed E-state index contributed by atoms with van der Waals surface area (Å²) in [7, 11) is 1.61. The first-order valence-corrected chi connectivity index (χ1v) is 11.7. The minimum absolute atomic E-state index is 0.0555. The fraction of sp³-hybridized carbons (Fsp3) is 0.320. The van der Waals surface area contributed by atoms with Gasteiger partial charge >= 0.3 is 0 Å². The molecule has 0 aliphatic carbocycles. The lowest BCUT2D eigenvalue weighted by atomic mass is 10.0. The Morgan fingerprint density at radius 1 is 1.03 bits per heavy atom. The van der Waals surface area contributed by atoms with Crippen molar-refractivity contribution in [3.63, 3.8) is 0 Å². The number of thiophene rings is 1. The fourth-order valence-corrected chi connectivity index (χ4v) is 5.23. The molecule has 0 radical (unpaired) electrons. The van der Waals surface area contributed by atoms with Crippen molar-refractivity contribution in [1.29, 1.82) is 0 Å². The molecule has 3 aromatic rings. The van der Waals surface area contributed by atoms with E-state index < -0.39 is 0 Å². The fourth-order valence-electron chi connectivity index (χ4n) is 4.26. The molecule has 1 amide bonds. The highest BCUT2D eigenvalue weighted by molar-refractivity contribution is 7.10. The van der Waals surface area contributed by atoms with Crippen LogP contribution in [0.3, 0.4) is 0 Å². The van der Waals surface area contributed by atoms with E-state index in [4.69, 9.17) is 4.74 Å². The normalized spacial score (nSPS) is 16.4. The van der Waals surface area contributed by atoms with Gasteiger partial charge in [-0.15, -0.1) is 11.3 Å². The number of anilines is 1. The number of nitrogens with zero attached hydrogens (tertiary/aromatic N) is 2. The van der Waals surface area contributed by atoms with Crippen LogP contribution >= 0.6 is 11.3 Å². The molecule has 0 bridgehead atoms. The van der Waals surface area contributed by atoms with Crippen LogP contribution in [0, 0.1) is 5.82 Å². The molecule has 5 nitrogen and oxygen atoms in total. The second-order valence-corrected chi connectivity index (χ2v) is 8.90. The maximum atomic E-state index is 14.2. The van der Waals surface area contributed by atoms with E-state index in [2.05, 4.69) is 33.5 Å². The van der Waals surface area contributed by atoms with E-state index in [0.717, 1.165) is 31.9 Å². The number of hydrogen-bond acceptors (Lipinski definition) is 5. The van der Waals surface area contributed by atoms with Crippen molar-refractivity contribution in [3.05, 3.63) is 82.3 Å². The first-order valence-electron chi connectivity index (χ1n) is 10.8. The largest absolute Gasteiger partial charge is 0.497 e. The SMILES string of the molecule is COc1ccc(C(=O)NC(C)C(c2cccs2)N2CCN(c3ccccc3F)CC2)cc1. The Kier molecular flexibility index (Phi) is 7.07. The van der Waals surface area contributed by atoms with Crippen LogP contribution < -0.4 is 15.0 Å². The molecule has 0 saturated carbocycles. The van der Waals surface area contributed by atoms with Gasteiger partial charge in [-0.1, -0.05) is 18.2 Å². The van der Waals surface area contributed by atoms with Gasteiger partial charge in [-0.3, -0.25) is 9.69 Å². The number of amides is 1. The van der Waals surface area contributed by atoms with Gasteiger partial charge in [0.05, 0.1) is 18.8 Å². The van der Waals surface area contributed by atoms with Crippen LogP contribution in [0.2, 0.25) is 0 Å². The Morgan fingerprint density at radius 3 is 2.38 bits per heavy atom. The number of carbonyl (C=O) groups is 1. The molecule has 1 N–H and O–H groups in total. The van der Waals surface area contributed by atoms with E-state index in [-0.39, 0.29) is 23.8 Å². The number of methoxy groups -OCH3 is 1. The number of piperazine rings is 1. The zero-order chi connectivity index (χ0) is 22.5. The quantitative estimate of drug-likeness (QED) is 0.569. The van der Waals surface area contributed by atoms with Crippen molar-refractivity contribution in [1.82, 2.24) is 10.2 Å². The zero-order valence-electron chi connectivity index (χ0n) is 18.3. The third kappa shape index (κ3) is 4.95. The van der Waals surface area contributed by atoms with Crippen LogP contribution in [0.15, 0.2) is 66.0 Å². The third-order valence-corrected chi connectivity index (χ3v) is 6.86. The summed E-state index contributed by atoms with van der Waals surface area (Å²) >= 11 is 1.70. The van der Waals surface area contributed by atoms with Gasteiger partial charge in [0.15, 0.2) is 0 Å². The summed E-state index contributed by atoms with van der Waals surface area (Å²) in [6, 6.07) is 18.2. The second-order valence-electron chi connectivity index (χ2n) is 7.93. The maximum absolute atomic E-state index is 14.2. The van der Waals surface area contributed by atoms with Crippen molar-refractivity contribution in [2.75, 3.05) is 38.2 Å². The molecule has 2 atom stereocenters. The van der Waals surface area contributed by atoms with E-state index in [1.807, 2.05) is 18.2 Å². The van der Waals surface area contributed by atoms with E-state index in [0.29, 0.717) is 11.3 Å². The number of hydrogen-bond donors (Lipinski definition) is 1. The van der Waals surface area contributed by atoms with Crippen molar-refractivity contribution < 1.29 is 13.9 Å². The molecule has 1 fully saturated rings. The number of ether oxygens (including phenoxy) is 1. The number of para-hydroxylation sites is 1. The van der Waals surface area contributed by atoms with Crippen LogP contribution in [0.25, 0.3) is 0 Å². The molecule has 32 heavy (non-hydrogen) atoms. The highest BCUT2D eigenvalue weighted by Gasteiger charge is 2.31. The highest BCUT2D eigenvalue weighted by atomic mass is 32.1. The van der Waals surface area contributed by atoms with Gasteiger partial charge in [0.25, 0.3) is 5.91 Å². The summed E-state index contributed by atoms with van der Waals surface area (Å²) in [6.07, 6.45) is 0. The van der Waals surface area contributed by atoms with E-state index in [1.54, 1.807) is 48.8 Å². The van der Waals surface area contributed by atoms with Gasteiger partial charge in [0.1, 0.15) is 11.6 Å². The van der Waals surface area contributed by atoms with Gasteiger partial charge in [0, 0.05) is 42.7 Å². The molecule has 7 heteroatoms. The molecule has 1 saturated heterocycles. The average molecular weight is 454 g/mol. The summed E-state index contributed by atoms with van der Waals surface area (Å²) in [5.41, 5.74) is 1.26. The molecule has 1 aliphatic heterocycles. The van der Waals surface area contributed by atoms with Crippen molar-refractivity contribution >= 4 is 22.9 Å². The molecule has 2 aromatic carbocycles. The van der Waals surface area contributed by atoms with Crippen LogP contribution in [-0.4, -0.2) is 50.1 Å². The first-order chi connectivity index (χ1) is 15.6. The summed E-state index contributed by atoms with van der Waals surface area (Å²) < 4.78 is 19.4. The van der Waals surface area contributed by atoms with Gasteiger partial charge < -0.3 is 15.0 Å². The van der Waals surface area contributed by atoms with E-state index in [1.165, 1.54) is 10.9 Å². The molecular formula is C25H28FN3O2S. The van der Waals surface area contributed by atoms with Gasteiger partial charge in [0.2, 0.25) is 0 Å². The summed E-state index contributed by atoms with van der Waals surface area (Å²) in [5.74, 6) is 0.432. The maximum Gasteiger partial charge on any atom is 0.251 e. The minimum atomic E-state index is -0.184.